The van der Waals surface area contributed by atoms with Crippen molar-refractivity contribution in [2.75, 3.05) is 32.8 Å². The number of ether oxygens (including phenoxy) is 1. The molecule has 21 heavy (non-hydrogen) atoms. The molecular weight excluding hydrogens is 264 g/mol. The molecule has 124 valence electrons. The molecule has 0 aromatic heterocycles. The van der Waals surface area contributed by atoms with Gasteiger partial charge in [-0.25, -0.2) is 0 Å². The summed E-state index contributed by atoms with van der Waals surface area (Å²) in [5.74, 6) is 0.753. The van der Waals surface area contributed by atoms with E-state index in [1.54, 1.807) is 0 Å². The predicted octanol–water partition coefficient (Wildman–Crippen LogP) is 2.02. The van der Waals surface area contributed by atoms with Crippen LogP contribution in [0.2, 0.25) is 0 Å². The first-order valence-corrected chi connectivity index (χ1v) is 8.95. The Kier molecular flexibility index (Phi) is 7.44. The lowest BCUT2D eigenvalue weighted by molar-refractivity contribution is -0.0987. The molecule has 0 aromatic rings. The minimum absolute atomic E-state index is 0.00146. The maximum absolute atomic E-state index is 9.38. The molecule has 0 radical (unpaired) electrons. The SMILES string of the molecule is CCCNC1CCCCCC1CN1CC(C)OC(CO)C1. The van der Waals surface area contributed by atoms with E-state index in [9.17, 15) is 5.11 Å². The van der Waals surface area contributed by atoms with Crippen LogP contribution < -0.4 is 5.32 Å². The number of hydrogen-bond acceptors (Lipinski definition) is 4. The van der Waals surface area contributed by atoms with Crippen LogP contribution in [0.15, 0.2) is 0 Å². The molecule has 0 bridgehead atoms. The number of morpholine rings is 1. The number of aliphatic hydroxyl groups is 1. The Bertz CT molecular complexity index is 288. The van der Waals surface area contributed by atoms with E-state index < -0.39 is 0 Å². The van der Waals surface area contributed by atoms with Crippen molar-refractivity contribution in [3.8, 4) is 0 Å². The van der Waals surface area contributed by atoms with Crippen LogP contribution in [0.4, 0.5) is 0 Å². The van der Waals surface area contributed by atoms with Crippen molar-refractivity contribution in [3.63, 3.8) is 0 Å². The Morgan fingerprint density at radius 3 is 2.76 bits per heavy atom. The third-order valence-corrected chi connectivity index (χ3v) is 4.91. The lowest BCUT2D eigenvalue weighted by Gasteiger charge is -2.39. The van der Waals surface area contributed by atoms with Gasteiger partial charge in [0.2, 0.25) is 0 Å². The molecule has 4 nitrogen and oxygen atoms in total. The van der Waals surface area contributed by atoms with Gasteiger partial charge in [-0.3, -0.25) is 4.90 Å². The zero-order valence-corrected chi connectivity index (χ0v) is 13.9. The van der Waals surface area contributed by atoms with E-state index in [0.717, 1.165) is 32.1 Å². The minimum Gasteiger partial charge on any atom is -0.394 e. The van der Waals surface area contributed by atoms with Crippen LogP contribution in [-0.4, -0.2) is 61.0 Å². The van der Waals surface area contributed by atoms with Gasteiger partial charge >= 0.3 is 0 Å². The maximum Gasteiger partial charge on any atom is 0.0936 e. The largest absolute Gasteiger partial charge is 0.394 e. The van der Waals surface area contributed by atoms with Gasteiger partial charge in [-0.05, 0) is 38.6 Å². The molecule has 2 rings (SSSR count). The average molecular weight is 298 g/mol. The van der Waals surface area contributed by atoms with Crippen LogP contribution in [0.3, 0.4) is 0 Å². The van der Waals surface area contributed by atoms with Crippen LogP contribution in [0.25, 0.3) is 0 Å². The molecule has 0 amide bonds. The first-order chi connectivity index (χ1) is 10.2. The zero-order valence-electron chi connectivity index (χ0n) is 13.9. The summed E-state index contributed by atoms with van der Waals surface area (Å²) in [5.41, 5.74) is 0. The maximum atomic E-state index is 9.38. The first-order valence-electron chi connectivity index (χ1n) is 8.95. The highest BCUT2D eigenvalue weighted by Gasteiger charge is 2.30. The van der Waals surface area contributed by atoms with Gasteiger partial charge in [0.15, 0.2) is 0 Å². The molecule has 1 saturated heterocycles. The molecule has 2 fully saturated rings. The third kappa shape index (κ3) is 5.51. The van der Waals surface area contributed by atoms with Crippen LogP contribution >= 0.6 is 0 Å². The molecule has 0 spiro atoms. The van der Waals surface area contributed by atoms with Crippen molar-refractivity contribution in [1.29, 1.82) is 0 Å². The molecule has 1 heterocycles. The summed E-state index contributed by atoms with van der Waals surface area (Å²) in [6.07, 6.45) is 8.26. The summed E-state index contributed by atoms with van der Waals surface area (Å²) in [6.45, 7) is 8.70. The number of rotatable bonds is 6. The van der Waals surface area contributed by atoms with Gasteiger partial charge in [-0.2, -0.15) is 0 Å². The van der Waals surface area contributed by atoms with E-state index in [4.69, 9.17) is 4.74 Å². The smallest absolute Gasteiger partial charge is 0.0936 e. The second kappa shape index (κ2) is 9.09. The van der Waals surface area contributed by atoms with Crippen LogP contribution in [0, 0.1) is 5.92 Å². The Hall–Kier alpha value is -0.160. The number of nitrogens with zero attached hydrogens (tertiary/aromatic N) is 1. The second-order valence-electron chi connectivity index (χ2n) is 6.93. The number of aliphatic hydroxyl groups excluding tert-OH is 1. The molecule has 2 aliphatic rings. The highest BCUT2D eigenvalue weighted by atomic mass is 16.5. The predicted molar refractivity (Wildman–Crippen MR) is 86.5 cm³/mol. The number of hydrogen-bond donors (Lipinski definition) is 2. The zero-order chi connectivity index (χ0) is 15.1. The molecule has 4 heteroatoms. The molecule has 0 aromatic carbocycles. The van der Waals surface area contributed by atoms with Gasteiger partial charge in [-0.1, -0.05) is 26.2 Å². The fraction of sp³-hybridized carbons (Fsp3) is 1.00. The molecule has 1 aliphatic carbocycles. The highest BCUT2D eigenvalue weighted by Crippen LogP contribution is 2.25. The van der Waals surface area contributed by atoms with Crippen LogP contribution in [-0.2, 0) is 4.74 Å². The molecular formula is C17H34N2O2. The Labute approximate surface area is 130 Å². The summed E-state index contributed by atoms with van der Waals surface area (Å²) in [7, 11) is 0. The normalized spacial score (nSPS) is 35.6. The van der Waals surface area contributed by atoms with E-state index in [0.29, 0.717) is 6.04 Å². The van der Waals surface area contributed by atoms with E-state index in [1.807, 2.05) is 0 Å². The van der Waals surface area contributed by atoms with Gasteiger partial charge < -0.3 is 15.2 Å². The molecule has 1 aliphatic heterocycles. The van der Waals surface area contributed by atoms with Crippen molar-refractivity contribution in [2.24, 2.45) is 5.92 Å². The minimum atomic E-state index is 0.00146. The molecule has 2 N–H and O–H groups in total. The van der Waals surface area contributed by atoms with Crippen LogP contribution in [0.5, 0.6) is 0 Å². The van der Waals surface area contributed by atoms with E-state index in [1.165, 1.54) is 38.5 Å². The van der Waals surface area contributed by atoms with Gasteiger partial charge in [0, 0.05) is 25.7 Å². The Morgan fingerprint density at radius 2 is 2.00 bits per heavy atom. The van der Waals surface area contributed by atoms with Gasteiger partial charge in [0.05, 0.1) is 18.8 Å². The summed E-state index contributed by atoms with van der Waals surface area (Å²) in [5, 5.41) is 13.2. The summed E-state index contributed by atoms with van der Waals surface area (Å²) < 4.78 is 5.76. The van der Waals surface area contributed by atoms with Crippen molar-refractivity contribution >= 4 is 0 Å². The molecule has 4 unspecified atom stereocenters. The standard InChI is InChI=1S/C17H34N2O2/c1-3-9-18-17-8-6-4-5-7-15(17)11-19-10-14(2)21-16(12-19)13-20/h14-18,20H,3-13H2,1-2H3. The lowest BCUT2D eigenvalue weighted by Crippen LogP contribution is -2.51. The summed E-state index contributed by atoms with van der Waals surface area (Å²) >= 11 is 0. The van der Waals surface area contributed by atoms with Crippen LogP contribution in [0.1, 0.15) is 52.4 Å². The van der Waals surface area contributed by atoms with Crippen molar-refractivity contribution < 1.29 is 9.84 Å². The number of nitrogens with one attached hydrogen (secondary N) is 1. The first kappa shape index (κ1) is 17.2. The van der Waals surface area contributed by atoms with E-state index in [-0.39, 0.29) is 18.8 Å². The fourth-order valence-corrected chi connectivity index (χ4v) is 3.92. The van der Waals surface area contributed by atoms with E-state index in [2.05, 4.69) is 24.1 Å². The van der Waals surface area contributed by atoms with Gasteiger partial charge in [0.25, 0.3) is 0 Å². The monoisotopic (exact) mass is 298 g/mol. The lowest BCUT2D eigenvalue weighted by atomic mass is 9.93. The third-order valence-electron chi connectivity index (χ3n) is 4.91. The average Bonchev–Trinajstić information content (AvgIpc) is 2.69. The fourth-order valence-electron chi connectivity index (χ4n) is 3.92. The van der Waals surface area contributed by atoms with Crippen molar-refractivity contribution in [3.05, 3.63) is 0 Å². The Morgan fingerprint density at radius 1 is 1.19 bits per heavy atom. The molecule has 1 saturated carbocycles. The summed E-state index contributed by atoms with van der Waals surface area (Å²) in [6, 6.07) is 0.679. The second-order valence-corrected chi connectivity index (χ2v) is 6.93. The van der Waals surface area contributed by atoms with E-state index >= 15 is 0 Å². The van der Waals surface area contributed by atoms with Gasteiger partial charge in [0.1, 0.15) is 0 Å². The molecule has 4 atom stereocenters. The topological polar surface area (TPSA) is 44.7 Å². The summed E-state index contributed by atoms with van der Waals surface area (Å²) in [4.78, 5) is 2.52. The van der Waals surface area contributed by atoms with Crippen molar-refractivity contribution in [2.45, 2.75) is 70.6 Å². The van der Waals surface area contributed by atoms with Gasteiger partial charge in [-0.15, -0.1) is 0 Å². The quantitative estimate of drug-likeness (QED) is 0.736. The Balaban J connectivity index is 1.90. The van der Waals surface area contributed by atoms with Crippen molar-refractivity contribution in [1.82, 2.24) is 10.2 Å². The highest BCUT2D eigenvalue weighted by molar-refractivity contribution is 4.84.